The maximum atomic E-state index is 5.56. The molecule has 1 atom stereocenters. The van der Waals surface area contributed by atoms with Crippen LogP contribution in [0.15, 0.2) is 16.6 Å². The molecule has 100 valence electrons. The average Bonchev–Trinajstić information content (AvgIpc) is 3.20. The van der Waals surface area contributed by atoms with Crippen molar-refractivity contribution in [2.45, 2.75) is 25.8 Å². The second-order valence-electron chi connectivity index (χ2n) is 4.58. The van der Waals surface area contributed by atoms with Crippen LogP contribution >= 0.6 is 15.9 Å². The molecule has 0 aliphatic heterocycles. The van der Waals surface area contributed by atoms with Crippen molar-refractivity contribution >= 4 is 15.9 Å². The van der Waals surface area contributed by atoms with Gasteiger partial charge in [0, 0.05) is 11.6 Å². The maximum absolute atomic E-state index is 5.56. The van der Waals surface area contributed by atoms with Gasteiger partial charge in [-0.3, -0.25) is 0 Å². The number of methoxy groups -OCH3 is 2. The first-order valence-electron chi connectivity index (χ1n) is 6.36. The van der Waals surface area contributed by atoms with Crippen molar-refractivity contribution in [3.8, 4) is 11.5 Å². The maximum Gasteiger partial charge on any atom is 0.141 e. The van der Waals surface area contributed by atoms with Crippen LogP contribution in [0.25, 0.3) is 0 Å². The molecular formula is C14H20BrNO2. The first-order valence-corrected chi connectivity index (χ1v) is 7.16. The van der Waals surface area contributed by atoms with Gasteiger partial charge in [0.05, 0.1) is 14.2 Å². The Hall–Kier alpha value is -0.740. The molecule has 0 amide bonds. The normalized spacial score (nSPS) is 16.4. The summed E-state index contributed by atoms with van der Waals surface area (Å²) in [6, 6.07) is 4.48. The van der Waals surface area contributed by atoms with E-state index in [0.717, 1.165) is 28.4 Å². The minimum Gasteiger partial charge on any atom is -0.495 e. The van der Waals surface area contributed by atoms with Crippen molar-refractivity contribution in [3.63, 3.8) is 0 Å². The van der Waals surface area contributed by atoms with Gasteiger partial charge in [-0.05, 0) is 53.4 Å². The zero-order chi connectivity index (χ0) is 13.1. The van der Waals surface area contributed by atoms with E-state index in [2.05, 4.69) is 34.2 Å². The smallest absolute Gasteiger partial charge is 0.141 e. The van der Waals surface area contributed by atoms with E-state index in [1.54, 1.807) is 14.2 Å². The Morgan fingerprint density at radius 2 is 2.06 bits per heavy atom. The van der Waals surface area contributed by atoms with Gasteiger partial charge in [-0.25, -0.2) is 0 Å². The van der Waals surface area contributed by atoms with Crippen molar-refractivity contribution in [1.82, 2.24) is 5.32 Å². The lowest BCUT2D eigenvalue weighted by atomic mass is 10.0. The predicted molar refractivity (Wildman–Crippen MR) is 76.4 cm³/mol. The molecular weight excluding hydrogens is 294 g/mol. The molecule has 18 heavy (non-hydrogen) atoms. The minimum atomic E-state index is 0.382. The summed E-state index contributed by atoms with van der Waals surface area (Å²) in [5.74, 6) is 2.42. The van der Waals surface area contributed by atoms with Crippen molar-refractivity contribution < 1.29 is 9.47 Å². The van der Waals surface area contributed by atoms with E-state index in [4.69, 9.17) is 9.47 Å². The monoisotopic (exact) mass is 313 g/mol. The summed E-state index contributed by atoms with van der Waals surface area (Å²) < 4.78 is 11.8. The van der Waals surface area contributed by atoms with E-state index in [1.165, 1.54) is 18.4 Å². The molecule has 0 radical (unpaired) electrons. The third-order valence-corrected chi connectivity index (χ3v) is 4.12. The van der Waals surface area contributed by atoms with Crippen LogP contribution in [0.1, 0.15) is 31.4 Å². The summed E-state index contributed by atoms with van der Waals surface area (Å²) in [5, 5.41) is 3.56. The highest BCUT2D eigenvalue weighted by atomic mass is 79.9. The number of halogens is 1. The second-order valence-corrected chi connectivity index (χ2v) is 5.37. The SMILES string of the molecule is CCNC(c1ccc(OC)c(Br)c1OC)C1CC1. The molecule has 3 nitrogen and oxygen atoms in total. The lowest BCUT2D eigenvalue weighted by molar-refractivity contribution is 0.375. The Morgan fingerprint density at radius 3 is 2.56 bits per heavy atom. The zero-order valence-electron chi connectivity index (χ0n) is 11.1. The number of rotatable bonds is 6. The van der Waals surface area contributed by atoms with Gasteiger partial charge >= 0.3 is 0 Å². The molecule has 0 bridgehead atoms. The van der Waals surface area contributed by atoms with Gasteiger partial charge in [0.1, 0.15) is 16.0 Å². The number of hydrogen-bond donors (Lipinski definition) is 1. The summed E-state index contributed by atoms with van der Waals surface area (Å²) in [5.41, 5.74) is 1.22. The molecule has 1 fully saturated rings. The van der Waals surface area contributed by atoms with E-state index in [-0.39, 0.29) is 0 Å². The minimum absolute atomic E-state index is 0.382. The Kier molecular flexibility index (Phi) is 4.51. The first-order chi connectivity index (χ1) is 8.72. The predicted octanol–water partition coefficient (Wildman–Crippen LogP) is 3.53. The molecule has 1 N–H and O–H groups in total. The quantitative estimate of drug-likeness (QED) is 0.871. The number of nitrogens with one attached hydrogen (secondary N) is 1. The Morgan fingerprint density at radius 1 is 1.33 bits per heavy atom. The summed E-state index contributed by atoms with van der Waals surface area (Å²) in [6.45, 7) is 3.11. The van der Waals surface area contributed by atoms with Gasteiger partial charge < -0.3 is 14.8 Å². The Labute approximate surface area is 117 Å². The third kappa shape index (κ3) is 2.64. The Balaban J connectivity index is 2.38. The molecule has 1 saturated carbocycles. The summed E-state index contributed by atoms with van der Waals surface area (Å²) in [6.07, 6.45) is 2.59. The summed E-state index contributed by atoms with van der Waals surface area (Å²) in [4.78, 5) is 0. The molecule has 1 aliphatic rings. The summed E-state index contributed by atoms with van der Waals surface area (Å²) >= 11 is 3.56. The molecule has 1 aliphatic carbocycles. The average molecular weight is 314 g/mol. The van der Waals surface area contributed by atoms with Gasteiger partial charge in [0.15, 0.2) is 0 Å². The van der Waals surface area contributed by atoms with Gasteiger partial charge in [-0.2, -0.15) is 0 Å². The summed E-state index contributed by atoms with van der Waals surface area (Å²) in [7, 11) is 3.38. The lowest BCUT2D eigenvalue weighted by Crippen LogP contribution is -2.23. The highest BCUT2D eigenvalue weighted by molar-refractivity contribution is 9.10. The standard InChI is InChI=1S/C14H20BrNO2/c1-4-16-13(9-5-6-9)10-7-8-11(17-2)12(15)14(10)18-3/h7-9,13,16H,4-6H2,1-3H3. The molecule has 0 spiro atoms. The van der Waals surface area contributed by atoms with Crippen molar-refractivity contribution in [3.05, 3.63) is 22.2 Å². The lowest BCUT2D eigenvalue weighted by Gasteiger charge is -2.22. The number of hydrogen-bond acceptors (Lipinski definition) is 3. The molecule has 1 aromatic rings. The fourth-order valence-electron chi connectivity index (χ4n) is 2.34. The number of ether oxygens (including phenoxy) is 2. The van der Waals surface area contributed by atoms with Crippen LogP contribution in [-0.4, -0.2) is 20.8 Å². The van der Waals surface area contributed by atoms with Crippen molar-refractivity contribution in [2.24, 2.45) is 5.92 Å². The van der Waals surface area contributed by atoms with Crippen molar-refractivity contribution in [2.75, 3.05) is 20.8 Å². The van der Waals surface area contributed by atoms with E-state index in [0.29, 0.717) is 6.04 Å². The fraction of sp³-hybridized carbons (Fsp3) is 0.571. The highest BCUT2D eigenvalue weighted by Gasteiger charge is 2.34. The van der Waals surface area contributed by atoms with Gasteiger partial charge in [0.2, 0.25) is 0 Å². The van der Waals surface area contributed by atoms with Crippen LogP contribution < -0.4 is 14.8 Å². The van der Waals surface area contributed by atoms with E-state index < -0.39 is 0 Å². The molecule has 0 aromatic heterocycles. The van der Waals surface area contributed by atoms with E-state index in [9.17, 15) is 0 Å². The Bertz CT molecular complexity index is 419. The molecule has 0 heterocycles. The molecule has 0 saturated heterocycles. The first kappa shape index (κ1) is 13.7. The molecule has 1 unspecified atom stereocenters. The van der Waals surface area contributed by atoms with E-state index >= 15 is 0 Å². The van der Waals surface area contributed by atoms with Crippen LogP contribution in [0.2, 0.25) is 0 Å². The molecule has 2 rings (SSSR count). The van der Waals surface area contributed by atoms with Gasteiger partial charge in [-0.1, -0.05) is 6.92 Å². The second kappa shape index (κ2) is 5.93. The van der Waals surface area contributed by atoms with Gasteiger partial charge in [0.25, 0.3) is 0 Å². The van der Waals surface area contributed by atoms with Crippen LogP contribution in [0.4, 0.5) is 0 Å². The topological polar surface area (TPSA) is 30.5 Å². The zero-order valence-corrected chi connectivity index (χ0v) is 12.7. The van der Waals surface area contributed by atoms with Crippen molar-refractivity contribution in [1.29, 1.82) is 0 Å². The fourth-order valence-corrected chi connectivity index (χ4v) is 3.03. The number of benzene rings is 1. The highest BCUT2D eigenvalue weighted by Crippen LogP contribution is 2.47. The van der Waals surface area contributed by atoms with Gasteiger partial charge in [-0.15, -0.1) is 0 Å². The van der Waals surface area contributed by atoms with Crippen LogP contribution in [-0.2, 0) is 0 Å². The van der Waals surface area contributed by atoms with E-state index in [1.807, 2.05) is 6.07 Å². The molecule has 1 aromatic carbocycles. The van der Waals surface area contributed by atoms with Crippen LogP contribution in [0, 0.1) is 5.92 Å². The third-order valence-electron chi connectivity index (χ3n) is 3.37. The van der Waals surface area contributed by atoms with Crippen LogP contribution in [0.3, 0.4) is 0 Å². The largest absolute Gasteiger partial charge is 0.495 e. The molecule has 4 heteroatoms. The van der Waals surface area contributed by atoms with Crippen LogP contribution in [0.5, 0.6) is 11.5 Å².